The molecule has 1 N–H and O–H groups in total. The average Bonchev–Trinajstić information content (AvgIpc) is 3.00. The highest BCUT2D eigenvalue weighted by Crippen LogP contribution is 2.22. The first-order valence-corrected chi connectivity index (χ1v) is 8.33. The van der Waals surface area contributed by atoms with E-state index in [9.17, 15) is 9.59 Å². The molecule has 6 heteroatoms. The monoisotopic (exact) mass is 333 g/mol. The predicted octanol–water partition coefficient (Wildman–Crippen LogP) is 3.34. The minimum absolute atomic E-state index is 0.0562. The maximum absolute atomic E-state index is 12.3. The molecule has 2 rings (SSSR count). The number of aryl methyl sites for hydroxylation is 1. The quantitative estimate of drug-likeness (QED) is 0.648. The molecule has 0 unspecified atom stereocenters. The van der Waals surface area contributed by atoms with Crippen molar-refractivity contribution in [1.29, 1.82) is 0 Å². The van der Waals surface area contributed by atoms with Crippen LogP contribution in [0.15, 0.2) is 45.9 Å². The molecule has 1 heterocycles. The topological polar surface area (TPSA) is 68.5 Å². The number of esters is 1. The van der Waals surface area contributed by atoms with Crippen molar-refractivity contribution < 1.29 is 18.7 Å². The van der Waals surface area contributed by atoms with Gasteiger partial charge >= 0.3 is 5.97 Å². The number of amides is 1. The number of carbonyl (C=O) groups excluding carboxylic acids is 2. The molecule has 0 spiro atoms. The fraction of sp³-hybridized carbons (Fsp3) is 0.294. The fourth-order valence-electron chi connectivity index (χ4n) is 2.17. The van der Waals surface area contributed by atoms with Gasteiger partial charge in [0.05, 0.1) is 25.8 Å². The fourth-order valence-corrected chi connectivity index (χ4v) is 2.58. The Bertz CT molecular complexity index is 678. The molecule has 0 fully saturated rings. The van der Waals surface area contributed by atoms with Crippen molar-refractivity contribution in [3.63, 3.8) is 0 Å². The maximum Gasteiger partial charge on any atom is 0.307 e. The van der Waals surface area contributed by atoms with E-state index in [-0.39, 0.29) is 24.1 Å². The van der Waals surface area contributed by atoms with E-state index in [0.717, 1.165) is 16.0 Å². The van der Waals surface area contributed by atoms with Crippen LogP contribution in [0.2, 0.25) is 0 Å². The van der Waals surface area contributed by atoms with E-state index >= 15 is 0 Å². The van der Waals surface area contributed by atoms with E-state index in [0.29, 0.717) is 0 Å². The number of nitrogens with one attached hydrogen (secondary N) is 1. The van der Waals surface area contributed by atoms with Gasteiger partial charge in [0, 0.05) is 10.5 Å². The van der Waals surface area contributed by atoms with Gasteiger partial charge in [-0.2, -0.15) is 0 Å². The first-order chi connectivity index (χ1) is 11.0. The second-order valence-electron chi connectivity index (χ2n) is 5.01. The molecular formula is C17H19NO4S. The third-order valence-corrected chi connectivity index (χ3v) is 4.23. The van der Waals surface area contributed by atoms with Crippen LogP contribution < -0.4 is 5.32 Å². The molecule has 0 aliphatic heterocycles. The Hall–Kier alpha value is -2.21. The average molecular weight is 333 g/mol. The van der Waals surface area contributed by atoms with Crippen LogP contribution in [0.1, 0.15) is 34.1 Å². The summed E-state index contributed by atoms with van der Waals surface area (Å²) in [7, 11) is 1.33. The molecule has 5 nitrogen and oxygen atoms in total. The molecular weight excluding hydrogens is 314 g/mol. The summed E-state index contributed by atoms with van der Waals surface area (Å²) in [6.07, 6.45) is 3.51. The van der Waals surface area contributed by atoms with Gasteiger partial charge in [0.1, 0.15) is 0 Å². The molecule has 0 radical (unpaired) electrons. The first-order valence-electron chi connectivity index (χ1n) is 7.11. The van der Waals surface area contributed by atoms with E-state index in [2.05, 4.69) is 5.32 Å². The summed E-state index contributed by atoms with van der Waals surface area (Å²) < 4.78 is 9.92. The minimum atomic E-state index is -0.477. The van der Waals surface area contributed by atoms with E-state index in [1.807, 2.05) is 30.5 Å². The molecule has 1 atom stereocenters. The lowest BCUT2D eigenvalue weighted by Gasteiger charge is -2.18. The van der Waals surface area contributed by atoms with E-state index in [1.54, 1.807) is 24.8 Å². The summed E-state index contributed by atoms with van der Waals surface area (Å²) in [4.78, 5) is 25.1. The lowest BCUT2D eigenvalue weighted by atomic mass is 10.0. The van der Waals surface area contributed by atoms with Gasteiger partial charge in [0.2, 0.25) is 0 Å². The van der Waals surface area contributed by atoms with E-state index in [4.69, 9.17) is 9.15 Å². The van der Waals surface area contributed by atoms with Gasteiger partial charge in [-0.1, -0.05) is 12.1 Å². The maximum atomic E-state index is 12.3. The Labute approximate surface area is 139 Å². The summed E-state index contributed by atoms with van der Waals surface area (Å²) >= 11 is 1.63. The Balaban J connectivity index is 2.21. The summed E-state index contributed by atoms with van der Waals surface area (Å²) in [5.74, 6) is -0.489. The van der Waals surface area contributed by atoms with Crippen LogP contribution in [0.3, 0.4) is 0 Å². The van der Waals surface area contributed by atoms with Crippen molar-refractivity contribution in [2.45, 2.75) is 24.3 Å². The number of thioether (sulfide) groups is 1. The van der Waals surface area contributed by atoms with Crippen molar-refractivity contribution in [2.75, 3.05) is 13.4 Å². The number of rotatable bonds is 6. The van der Waals surface area contributed by atoms with E-state index < -0.39 is 6.04 Å². The van der Waals surface area contributed by atoms with Gasteiger partial charge in [0.15, 0.2) is 5.76 Å². The number of hydrogen-bond acceptors (Lipinski definition) is 5. The lowest BCUT2D eigenvalue weighted by molar-refractivity contribution is -0.141. The van der Waals surface area contributed by atoms with Crippen LogP contribution in [0.4, 0.5) is 0 Å². The first kappa shape index (κ1) is 17.1. The normalized spacial score (nSPS) is 11.8. The van der Waals surface area contributed by atoms with Crippen molar-refractivity contribution in [3.8, 4) is 0 Å². The molecule has 0 saturated heterocycles. The molecule has 1 amide bonds. The Morgan fingerprint density at radius 3 is 2.48 bits per heavy atom. The molecule has 122 valence electrons. The number of furan rings is 1. The second-order valence-corrected chi connectivity index (χ2v) is 5.89. The number of hydrogen-bond donors (Lipinski definition) is 1. The summed E-state index contributed by atoms with van der Waals surface area (Å²) in [6, 6.07) is 8.94. The molecule has 0 bridgehead atoms. The number of methoxy groups -OCH3 is 1. The third-order valence-electron chi connectivity index (χ3n) is 3.49. The molecule has 1 aromatic carbocycles. The largest absolute Gasteiger partial charge is 0.469 e. The Morgan fingerprint density at radius 1 is 1.26 bits per heavy atom. The molecule has 1 aromatic heterocycles. The minimum Gasteiger partial charge on any atom is -0.469 e. The standard InChI is InChI=1S/C17H19NO4S/c1-11-8-9-22-16(11)17(20)18-14(10-15(19)21-2)12-4-6-13(23-3)7-5-12/h4-9,14H,10H2,1-3H3,(H,18,20)/t14-/m0/s1. The van der Waals surface area contributed by atoms with Crippen LogP contribution >= 0.6 is 11.8 Å². The zero-order chi connectivity index (χ0) is 16.8. The molecule has 2 aromatic rings. The number of benzene rings is 1. The SMILES string of the molecule is COC(=O)C[C@H](NC(=O)c1occc1C)c1ccc(SC)cc1. The molecule has 0 aliphatic carbocycles. The highest BCUT2D eigenvalue weighted by Gasteiger charge is 2.22. The zero-order valence-corrected chi connectivity index (χ0v) is 14.1. The van der Waals surface area contributed by atoms with Gasteiger partial charge in [-0.15, -0.1) is 11.8 Å². The molecule has 23 heavy (non-hydrogen) atoms. The van der Waals surface area contributed by atoms with Crippen LogP contribution in [-0.4, -0.2) is 25.2 Å². The third kappa shape index (κ3) is 4.39. The van der Waals surface area contributed by atoms with E-state index in [1.165, 1.54) is 13.4 Å². The highest BCUT2D eigenvalue weighted by atomic mass is 32.2. The second kappa shape index (κ2) is 7.87. The smallest absolute Gasteiger partial charge is 0.307 e. The van der Waals surface area contributed by atoms with Gasteiger partial charge in [-0.05, 0) is 36.9 Å². The summed E-state index contributed by atoms with van der Waals surface area (Å²) in [6.45, 7) is 1.79. The van der Waals surface area contributed by atoms with Crippen molar-refractivity contribution >= 4 is 23.6 Å². The summed E-state index contributed by atoms with van der Waals surface area (Å²) in [5.41, 5.74) is 1.59. The van der Waals surface area contributed by atoms with Crippen LogP contribution in [-0.2, 0) is 9.53 Å². The van der Waals surface area contributed by atoms with Gasteiger partial charge in [0.25, 0.3) is 5.91 Å². The highest BCUT2D eigenvalue weighted by molar-refractivity contribution is 7.98. The Kier molecular flexibility index (Phi) is 5.87. The van der Waals surface area contributed by atoms with Crippen molar-refractivity contribution in [2.24, 2.45) is 0 Å². The zero-order valence-electron chi connectivity index (χ0n) is 13.3. The lowest BCUT2D eigenvalue weighted by Crippen LogP contribution is -2.30. The van der Waals surface area contributed by atoms with Gasteiger partial charge in [-0.25, -0.2) is 0 Å². The summed E-state index contributed by atoms with van der Waals surface area (Å²) in [5, 5.41) is 2.84. The molecule has 0 saturated carbocycles. The van der Waals surface area contributed by atoms with Crippen LogP contribution in [0.5, 0.6) is 0 Å². The molecule has 0 aliphatic rings. The Morgan fingerprint density at radius 2 is 1.96 bits per heavy atom. The van der Waals surface area contributed by atoms with Gasteiger partial charge in [-0.3, -0.25) is 9.59 Å². The van der Waals surface area contributed by atoms with Crippen LogP contribution in [0, 0.1) is 6.92 Å². The van der Waals surface area contributed by atoms with Crippen molar-refractivity contribution in [1.82, 2.24) is 5.32 Å². The van der Waals surface area contributed by atoms with Crippen LogP contribution in [0.25, 0.3) is 0 Å². The van der Waals surface area contributed by atoms with Crippen molar-refractivity contribution in [3.05, 3.63) is 53.5 Å². The number of carbonyl (C=O) groups is 2. The van der Waals surface area contributed by atoms with Gasteiger partial charge < -0.3 is 14.5 Å². The predicted molar refractivity (Wildman–Crippen MR) is 88.5 cm³/mol. The number of ether oxygens (including phenoxy) is 1.